The Morgan fingerprint density at radius 1 is 0.471 bits per heavy atom. The molecule has 0 nitrogen and oxygen atoms in total. The summed E-state index contributed by atoms with van der Waals surface area (Å²) >= 11 is 0. The molecule has 0 saturated heterocycles. The van der Waals surface area contributed by atoms with E-state index < -0.39 is 0 Å². The zero-order valence-electron chi connectivity index (χ0n) is 12.9. The fourth-order valence-corrected chi connectivity index (χ4v) is 0.884. The van der Waals surface area contributed by atoms with E-state index in [9.17, 15) is 0 Å². The molecule has 1 aliphatic rings. The van der Waals surface area contributed by atoms with Gasteiger partial charge >= 0.3 is 0 Å². The van der Waals surface area contributed by atoms with Gasteiger partial charge in [-0.25, -0.2) is 0 Å². The summed E-state index contributed by atoms with van der Waals surface area (Å²) in [5, 5.41) is 0. The molecule has 0 amide bonds. The van der Waals surface area contributed by atoms with Crippen LogP contribution in [0.3, 0.4) is 0 Å². The topological polar surface area (TPSA) is 0 Å². The van der Waals surface area contributed by atoms with Crippen LogP contribution in [0.4, 0.5) is 0 Å². The maximum absolute atomic E-state index is 2.12. The summed E-state index contributed by atoms with van der Waals surface area (Å²) in [5.41, 5.74) is 0. The molecule has 1 fully saturated rings. The lowest BCUT2D eigenvalue weighted by Crippen LogP contribution is -1.47. The highest BCUT2D eigenvalue weighted by molar-refractivity contribution is 4.51. The second kappa shape index (κ2) is 73.5. The Hall–Kier alpha value is 0. The highest BCUT2D eigenvalue weighted by Crippen LogP contribution is 2.15. The number of hydrogen-bond acceptors (Lipinski definition) is 0. The smallest absolute Gasteiger partial charge is 0.0533 e. The third kappa shape index (κ3) is 125. The van der Waals surface area contributed by atoms with Gasteiger partial charge < -0.3 is 0 Å². The van der Waals surface area contributed by atoms with Gasteiger partial charge in [-0.05, 0) is 0 Å². The zero-order chi connectivity index (χ0) is 12.9. The van der Waals surface area contributed by atoms with E-state index >= 15 is 0 Å². The molecule has 1 saturated carbocycles. The second-order valence-corrected chi connectivity index (χ2v) is 3.18. The van der Waals surface area contributed by atoms with E-state index in [1.54, 1.807) is 0 Å². The van der Waals surface area contributed by atoms with E-state index in [4.69, 9.17) is 0 Å². The van der Waals surface area contributed by atoms with Gasteiger partial charge in [0.25, 0.3) is 0 Å². The van der Waals surface area contributed by atoms with E-state index in [1.807, 2.05) is 27.7 Å². The van der Waals surface area contributed by atoms with Crippen LogP contribution in [0.1, 0.15) is 115 Å². The van der Waals surface area contributed by atoms with Crippen LogP contribution in [0, 0.1) is 0 Å². The van der Waals surface area contributed by atoms with Gasteiger partial charge in [-0.3, -0.25) is 0 Å². The minimum atomic E-state index is 0. The standard InChI is InChI=1S/C5H10.2C3H8.2C2H6.2CH4/c1-2-4-5-3-1;2*1-3-2;2*1-2;;/h1-5H2;2*3H2,1-2H3;2*1-2H3;2*1H4. The summed E-state index contributed by atoms with van der Waals surface area (Å²) in [5.74, 6) is 0. The van der Waals surface area contributed by atoms with Crippen LogP contribution >= 0.6 is 0 Å². The Balaban J connectivity index is -0.0000000230. The van der Waals surface area contributed by atoms with Crippen molar-refractivity contribution in [2.45, 2.75) is 115 Å². The third-order valence-electron chi connectivity index (χ3n) is 1.25. The molecule has 0 aromatic carbocycles. The summed E-state index contributed by atoms with van der Waals surface area (Å²) in [4.78, 5) is 0. The largest absolute Gasteiger partial charge is 0.0776 e. The van der Waals surface area contributed by atoms with E-state index in [1.165, 1.54) is 44.9 Å². The minimum Gasteiger partial charge on any atom is -0.0776 e. The summed E-state index contributed by atoms with van der Waals surface area (Å²) < 4.78 is 0. The van der Waals surface area contributed by atoms with E-state index in [0.717, 1.165) is 0 Å². The molecule has 0 radical (unpaired) electrons. The van der Waals surface area contributed by atoms with Crippen molar-refractivity contribution in [1.82, 2.24) is 0 Å². The Labute approximate surface area is 116 Å². The fourth-order valence-electron chi connectivity index (χ4n) is 0.884. The molecule has 1 rings (SSSR count). The van der Waals surface area contributed by atoms with Crippen molar-refractivity contribution in [1.29, 1.82) is 0 Å². The lowest BCUT2D eigenvalue weighted by molar-refractivity contribution is 0.886. The molecule has 0 unspecified atom stereocenters. The van der Waals surface area contributed by atoms with Crippen molar-refractivity contribution >= 4 is 0 Å². The SMILES string of the molecule is C.C.C1CCCC1.CC.CC.CCC.CCC. The Kier molecular flexibility index (Phi) is 155. The first-order valence-electron chi connectivity index (χ1n) is 7.33. The van der Waals surface area contributed by atoms with Crippen molar-refractivity contribution in [2.24, 2.45) is 0 Å². The highest BCUT2D eigenvalue weighted by Gasteiger charge is 1.95. The molecule has 0 heterocycles. The van der Waals surface area contributed by atoms with Gasteiger partial charge in [0.2, 0.25) is 0 Å². The molecule has 0 atom stereocenters. The van der Waals surface area contributed by atoms with E-state index in [2.05, 4.69) is 27.7 Å². The predicted molar refractivity (Wildman–Crippen MR) is 91.2 cm³/mol. The lowest BCUT2D eigenvalue weighted by Gasteiger charge is -1.67. The molecule has 0 aromatic heterocycles. The molecule has 0 bridgehead atoms. The summed E-state index contributed by atoms with van der Waals surface area (Å²) in [6.45, 7) is 16.5. The average molecular weight is 251 g/mol. The maximum atomic E-state index is 2.12. The van der Waals surface area contributed by atoms with Crippen LogP contribution in [0.15, 0.2) is 0 Å². The van der Waals surface area contributed by atoms with Crippen molar-refractivity contribution in [2.75, 3.05) is 0 Å². The van der Waals surface area contributed by atoms with Crippen LogP contribution in [0.5, 0.6) is 0 Å². The van der Waals surface area contributed by atoms with Crippen LogP contribution in [-0.4, -0.2) is 0 Å². The summed E-state index contributed by atoms with van der Waals surface area (Å²) in [7, 11) is 0. The van der Waals surface area contributed by atoms with Gasteiger partial charge in [-0.2, -0.15) is 0 Å². The quantitative estimate of drug-likeness (QED) is 0.407. The van der Waals surface area contributed by atoms with Crippen molar-refractivity contribution in [3.8, 4) is 0 Å². The van der Waals surface area contributed by atoms with Crippen molar-refractivity contribution < 1.29 is 0 Å². The second-order valence-electron chi connectivity index (χ2n) is 3.18. The molecule has 0 N–H and O–H groups in total. The molecule has 17 heavy (non-hydrogen) atoms. The van der Waals surface area contributed by atoms with Gasteiger partial charge in [0.1, 0.15) is 0 Å². The van der Waals surface area contributed by atoms with Crippen LogP contribution in [-0.2, 0) is 0 Å². The van der Waals surface area contributed by atoms with Crippen molar-refractivity contribution in [3.05, 3.63) is 0 Å². The molecule has 0 heteroatoms. The van der Waals surface area contributed by atoms with Crippen LogP contribution < -0.4 is 0 Å². The van der Waals surface area contributed by atoms with Gasteiger partial charge in [0.15, 0.2) is 0 Å². The molecular weight excluding hydrogens is 204 g/mol. The fraction of sp³-hybridized carbons (Fsp3) is 1.00. The first-order chi connectivity index (χ1) is 7.33. The Morgan fingerprint density at radius 3 is 0.588 bits per heavy atom. The van der Waals surface area contributed by atoms with Crippen LogP contribution in [0.25, 0.3) is 0 Å². The number of rotatable bonds is 0. The van der Waals surface area contributed by atoms with Gasteiger partial charge in [-0.15, -0.1) is 0 Å². The van der Waals surface area contributed by atoms with Gasteiger partial charge in [-0.1, -0.05) is 115 Å². The normalized spacial score (nSPS) is 9.88. The average Bonchev–Trinajstić information content (AvgIpc) is 2.83. The first-order valence-corrected chi connectivity index (χ1v) is 7.33. The van der Waals surface area contributed by atoms with Crippen molar-refractivity contribution in [3.63, 3.8) is 0 Å². The Morgan fingerprint density at radius 2 is 0.529 bits per heavy atom. The van der Waals surface area contributed by atoms with Gasteiger partial charge in [0, 0.05) is 0 Å². The highest BCUT2D eigenvalue weighted by atomic mass is 14.0. The molecule has 114 valence electrons. The summed E-state index contributed by atoms with van der Waals surface area (Å²) in [6.07, 6.45) is 10.0. The van der Waals surface area contributed by atoms with Crippen LogP contribution in [0.2, 0.25) is 0 Å². The van der Waals surface area contributed by atoms with Gasteiger partial charge in [0.05, 0.1) is 0 Å². The minimum absolute atomic E-state index is 0. The molecule has 1 aliphatic carbocycles. The summed E-state index contributed by atoms with van der Waals surface area (Å²) in [6, 6.07) is 0. The first kappa shape index (κ1) is 36.0. The zero-order valence-corrected chi connectivity index (χ0v) is 12.9. The lowest BCUT2D eigenvalue weighted by atomic mass is 10.4. The molecular formula is C17H46. The predicted octanol–water partition coefficient (Wildman–Crippen LogP) is 8.11. The molecule has 0 aliphatic heterocycles. The molecule has 0 aromatic rings. The Bertz CT molecular complexity index is 25.7. The monoisotopic (exact) mass is 250 g/mol. The van der Waals surface area contributed by atoms with E-state index in [-0.39, 0.29) is 14.9 Å². The number of hydrogen-bond donors (Lipinski definition) is 0. The van der Waals surface area contributed by atoms with E-state index in [0.29, 0.717) is 0 Å². The third-order valence-corrected chi connectivity index (χ3v) is 1.25. The molecule has 0 spiro atoms. The maximum Gasteiger partial charge on any atom is -0.0533 e.